The molecule has 0 amide bonds. The summed E-state index contributed by atoms with van der Waals surface area (Å²) >= 11 is 0. The van der Waals surface area contributed by atoms with Crippen LogP contribution in [-0.2, 0) is 10.8 Å². The number of hydrogen-bond acceptors (Lipinski definition) is 2. The fourth-order valence-electron chi connectivity index (χ4n) is 10.7. The Labute approximate surface area is 335 Å². The smallest absolute Gasteiger partial charge is 0.135 e. The van der Waals surface area contributed by atoms with Gasteiger partial charge in [-0.3, -0.25) is 0 Å². The number of hydrogen-bond donors (Lipinski definition) is 1. The number of fused-ring (bicyclic) bond motifs is 10. The molecule has 0 radical (unpaired) electrons. The van der Waals surface area contributed by atoms with Gasteiger partial charge in [0.25, 0.3) is 0 Å². The van der Waals surface area contributed by atoms with Gasteiger partial charge in [0.1, 0.15) is 5.84 Å². The van der Waals surface area contributed by atoms with E-state index in [9.17, 15) is 0 Å². The zero-order valence-electron chi connectivity index (χ0n) is 32.6. The van der Waals surface area contributed by atoms with Crippen molar-refractivity contribution in [2.75, 3.05) is 0 Å². The van der Waals surface area contributed by atoms with E-state index in [1.807, 2.05) is 0 Å². The van der Waals surface area contributed by atoms with Gasteiger partial charge >= 0.3 is 0 Å². The van der Waals surface area contributed by atoms with Gasteiger partial charge in [0.2, 0.25) is 0 Å². The normalized spacial score (nSPS) is 19.1. The highest BCUT2D eigenvalue weighted by Gasteiger charge is 2.54. The first-order valence-electron chi connectivity index (χ1n) is 20.4. The summed E-state index contributed by atoms with van der Waals surface area (Å²) in [6, 6.07) is 63.1. The Kier molecular flexibility index (Phi) is 7.57. The van der Waals surface area contributed by atoms with E-state index in [4.69, 9.17) is 4.99 Å². The minimum atomic E-state index is -0.511. The minimum absolute atomic E-state index is 0.0470. The molecule has 57 heavy (non-hydrogen) atoms. The van der Waals surface area contributed by atoms with Crippen LogP contribution in [0.1, 0.15) is 88.9 Å². The topological polar surface area (TPSA) is 24.4 Å². The van der Waals surface area contributed by atoms with E-state index in [0.29, 0.717) is 5.92 Å². The largest absolute Gasteiger partial charge is 0.359 e. The standard InChI is InChI=1S/C55H44N2/c1-35-29-30-36-17-10-11-22-40(36)51(35)39-31-32-43-42(33-39)52-41(53-56-49(37-18-6-4-7-19-37)34-50(57-53)38-20-8-5-9-21-38)23-16-28-48(52)55(43)46-26-14-12-24-44(46)54(2,3)45-25-13-15-27-47(45)55/h4-28,30-35,49H,29H2,1-3H3,(H,56,57). The first-order valence-corrected chi connectivity index (χ1v) is 20.4. The predicted molar refractivity (Wildman–Crippen MR) is 236 cm³/mol. The number of benzene rings is 7. The highest BCUT2D eigenvalue weighted by atomic mass is 15.0. The zero-order valence-corrected chi connectivity index (χ0v) is 32.6. The zero-order chi connectivity index (χ0) is 38.3. The summed E-state index contributed by atoms with van der Waals surface area (Å²) in [5.41, 5.74) is 17.1. The Morgan fingerprint density at radius 3 is 1.93 bits per heavy atom. The molecule has 2 atom stereocenters. The number of aliphatic imine (C=N–C) groups is 1. The van der Waals surface area contributed by atoms with Gasteiger partial charge < -0.3 is 5.32 Å². The van der Waals surface area contributed by atoms with Crippen LogP contribution in [0, 0.1) is 5.92 Å². The fourth-order valence-corrected chi connectivity index (χ4v) is 10.7. The second kappa shape index (κ2) is 12.8. The monoisotopic (exact) mass is 732 g/mol. The Bertz CT molecular complexity index is 2900. The van der Waals surface area contributed by atoms with Gasteiger partial charge in [0, 0.05) is 11.0 Å². The lowest BCUT2D eigenvalue weighted by atomic mass is 9.55. The highest BCUT2D eigenvalue weighted by molar-refractivity contribution is 6.10. The summed E-state index contributed by atoms with van der Waals surface area (Å²) in [4.78, 5) is 5.51. The van der Waals surface area contributed by atoms with Crippen LogP contribution in [-0.4, -0.2) is 5.84 Å². The molecule has 2 nitrogen and oxygen atoms in total. The molecule has 1 aliphatic heterocycles. The van der Waals surface area contributed by atoms with Crippen molar-refractivity contribution in [1.29, 1.82) is 0 Å². The maximum Gasteiger partial charge on any atom is 0.135 e. The van der Waals surface area contributed by atoms with Gasteiger partial charge in [-0.1, -0.05) is 191 Å². The average Bonchev–Trinajstić information content (AvgIpc) is 3.56. The van der Waals surface area contributed by atoms with Crippen LogP contribution < -0.4 is 15.8 Å². The van der Waals surface area contributed by atoms with Crippen molar-refractivity contribution in [1.82, 2.24) is 5.32 Å². The molecule has 0 bridgehead atoms. The molecule has 1 spiro atoms. The summed E-state index contributed by atoms with van der Waals surface area (Å²) in [5, 5.41) is 6.62. The molecule has 0 fully saturated rings. The second-order valence-corrected chi connectivity index (χ2v) is 16.7. The molecular formula is C55H44N2. The average molecular weight is 733 g/mol. The molecule has 2 heteroatoms. The maximum atomic E-state index is 5.51. The second-order valence-electron chi connectivity index (χ2n) is 16.7. The van der Waals surface area contributed by atoms with Crippen molar-refractivity contribution in [3.05, 3.63) is 242 Å². The van der Waals surface area contributed by atoms with Crippen molar-refractivity contribution in [2.24, 2.45) is 10.9 Å². The number of rotatable bonds is 4. The highest BCUT2D eigenvalue weighted by Crippen LogP contribution is 2.63. The SMILES string of the molecule is CC1CC=c2ccccc2=C1c1ccc2c(c1)-c1c(C3=NC(c4ccccc4)=CC(c4ccccc4)N3)cccc1C21c2ccccc2C(C)(C)c2ccccc21. The molecule has 0 saturated carbocycles. The van der Waals surface area contributed by atoms with Gasteiger partial charge in [-0.15, -0.1) is 0 Å². The summed E-state index contributed by atoms with van der Waals surface area (Å²) in [6.07, 6.45) is 5.71. The van der Waals surface area contributed by atoms with E-state index in [2.05, 4.69) is 208 Å². The Hall–Kier alpha value is -6.51. The third kappa shape index (κ3) is 4.93. The van der Waals surface area contributed by atoms with Crippen LogP contribution in [0.5, 0.6) is 0 Å². The lowest BCUT2D eigenvalue weighted by molar-refractivity contribution is 0.563. The Morgan fingerprint density at radius 2 is 1.19 bits per heavy atom. The molecule has 3 aliphatic carbocycles. The lowest BCUT2D eigenvalue weighted by Crippen LogP contribution is -2.40. The molecule has 4 aliphatic rings. The number of nitrogens with one attached hydrogen (secondary N) is 1. The van der Waals surface area contributed by atoms with Crippen molar-refractivity contribution in [3.63, 3.8) is 0 Å². The van der Waals surface area contributed by atoms with Gasteiger partial charge in [0.15, 0.2) is 0 Å². The fraction of sp³-hybridized carbons (Fsp3) is 0.145. The molecule has 1 N–H and O–H groups in total. The van der Waals surface area contributed by atoms with Crippen LogP contribution in [0.2, 0.25) is 0 Å². The summed E-state index contributed by atoms with van der Waals surface area (Å²) in [5.74, 6) is 1.29. The van der Waals surface area contributed by atoms with Crippen molar-refractivity contribution >= 4 is 23.2 Å². The molecular weight excluding hydrogens is 689 g/mol. The van der Waals surface area contributed by atoms with Gasteiger partial charge in [-0.25, -0.2) is 4.99 Å². The first kappa shape index (κ1) is 33.8. The molecule has 1 heterocycles. The Morgan fingerprint density at radius 1 is 0.561 bits per heavy atom. The predicted octanol–water partition coefficient (Wildman–Crippen LogP) is 10.8. The van der Waals surface area contributed by atoms with Gasteiger partial charge in [-0.05, 0) is 102 Å². The van der Waals surface area contributed by atoms with Crippen LogP contribution >= 0.6 is 0 Å². The van der Waals surface area contributed by atoms with Crippen LogP contribution in [0.3, 0.4) is 0 Å². The third-order valence-electron chi connectivity index (χ3n) is 13.2. The summed E-state index contributed by atoms with van der Waals surface area (Å²) in [7, 11) is 0. The van der Waals surface area contributed by atoms with E-state index in [0.717, 1.165) is 29.1 Å². The minimum Gasteiger partial charge on any atom is -0.359 e. The van der Waals surface area contributed by atoms with Gasteiger partial charge in [-0.2, -0.15) is 0 Å². The first-order chi connectivity index (χ1) is 27.9. The Balaban J connectivity index is 1.23. The molecule has 7 aromatic rings. The quantitative estimate of drug-likeness (QED) is 0.191. The van der Waals surface area contributed by atoms with E-state index in [1.165, 1.54) is 71.6 Å². The van der Waals surface area contributed by atoms with Crippen molar-refractivity contribution in [2.45, 2.75) is 44.1 Å². The molecule has 274 valence electrons. The van der Waals surface area contributed by atoms with Crippen molar-refractivity contribution in [3.8, 4) is 11.1 Å². The number of amidine groups is 1. The lowest BCUT2D eigenvalue weighted by Gasteiger charge is -2.46. The molecule has 11 rings (SSSR count). The summed E-state index contributed by atoms with van der Waals surface area (Å²) in [6.45, 7) is 7.17. The molecule has 7 aromatic carbocycles. The van der Waals surface area contributed by atoms with E-state index < -0.39 is 5.41 Å². The van der Waals surface area contributed by atoms with Crippen LogP contribution in [0.4, 0.5) is 0 Å². The number of nitrogens with zero attached hydrogens (tertiary/aromatic N) is 1. The van der Waals surface area contributed by atoms with Crippen LogP contribution in [0.25, 0.3) is 28.5 Å². The van der Waals surface area contributed by atoms with Crippen LogP contribution in [0.15, 0.2) is 181 Å². The van der Waals surface area contributed by atoms with E-state index in [-0.39, 0.29) is 11.5 Å². The van der Waals surface area contributed by atoms with Gasteiger partial charge in [0.05, 0.1) is 17.2 Å². The molecule has 2 unspecified atom stereocenters. The molecule has 0 saturated heterocycles. The molecule has 0 aromatic heterocycles. The van der Waals surface area contributed by atoms with Crippen molar-refractivity contribution < 1.29 is 0 Å². The third-order valence-corrected chi connectivity index (χ3v) is 13.2. The van der Waals surface area contributed by atoms with E-state index >= 15 is 0 Å². The summed E-state index contributed by atoms with van der Waals surface area (Å²) < 4.78 is 0. The maximum absolute atomic E-state index is 5.51. The van der Waals surface area contributed by atoms with E-state index in [1.54, 1.807) is 0 Å².